The van der Waals surface area contributed by atoms with Gasteiger partial charge in [0.25, 0.3) is 11.8 Å². The molecule has 2 atom stereocenters. The van der Waals surface area contributed by atoms with Crippen LogP contribution in [0.4, 0.5) is 5.13 Å². The summed E-state index contributed by atoms with van der Waals surface area (Å²) in [6, 6.07) is -0.951. The first-order valence-electron chi connectivity index (χ1n) is 9.74. The molecule has 2 aliphatic heterocycles. The highest BCUT2D eigenvalue weighted by molar-refractivity contribution is 8.01. The highest BCUT2D eigenvalue weighted by Crippen LogP contribution is 2.41. The van der Waals surface area contributed by atoms with Crippen LogP contribution in [0.2, 0.25) is 0 Å². The number of carbonyl (C=O) groups is 4. The Bertz CT molecular complexity index is 1230. The predicted molar refractivity (Wildman–Crippen MR) is 130 cm³/mol. The maximum Gasteiger partial charge on any atom is 0.352 e. The first-order chi connectivity index (χ1) is 16.8. The van der Waals surface area contributed by atoms with Crippen LogP contribution in [0.25, 0.3) is 0 Å². The van der Waals surface area contributed by atoms with E-state index >= 15 is 0 Å². The number of nitrogens with one attached hydrogen (secondary N) is 2. The number of oxime groups is 1. The van der Waals surface area contributed by atoms with Gasteiger partial charge in [-0.15, -0.1) is 33.3 Å². The van der Waals surface area contributed by atoms with E-state index in [1.807, 2.05) is 0 Å². The van der Waals surface area contributed by atoms with E-state index < -0.39 is 29.2 Å². The van der Waals surface area contributed by atoms with Crippen LogP contribution in [0.5, 0.6) is 0 Å². The molecule has 0 aliphatic carbocycles. The molecular weight excluding hydrogens is 539 g/mol. The van der Waals surface area contributed by atoms with Gasteiger partial charge >= 0.3 is 5.97 Å². The Hall–Kier alpha value is -3.02. The summed E-state index contributed by atoms with van der Waals surface area (Å²) in [6.07, 6.45) is 0.464. The second-order valence-corrected chi connectivity index (χ2v) is 11.3. The Kier molecular flexibility index (Phi) is 7.68. The molecule has 0 radical (unpaired) electrons. The van der Waals surface area contributed by atoms with Gasteiger partial charge in [-0.2, -0.15) is 0 Å². The van der Waals surface area contributed by atoms with Crippen LogP contribution in [0.15, 0.2) is 26.3 Å². The number of thiazole rings is 1. The average molecular weight is 556 g/mol. The number of hydrogen-bond donors (Lipinski definition) is 3. The van der Waals surface area contributed by atoms with E-state index in [0.29, 0.717) is 32.7 Å². The third-order valence-corrected chi connectivity index (χ3v) is 9.04. The van der Waals surface area contributed by atoms with Crippen LogP contribution in [-0.4, -0.2) is 85.1 Å². The van der Waals surface area contributed by atoms with Crippen LogP contribution < -0.4 is 10.6 Å². The largest absolute Gasteiger partial charge is 0.477 e. The zero-order valence-electron chi connectivity index (χ0n) is 18.1. The predicted octanol–water partition coefficient (Wildman–Crippen LogP) is 0.753. The first kappa shape index (κ1) is 25.1. The smallest absolute Gasteiger partial charge is 0.352 e. The van der Waals surface area contributed by atoms with Crippen molar-refractivity contribution in [2.24, 2.45) is 5.16 Å². The molecule has 1 fully saturated rings. The Morgan fingerprint density at radius 3 is 2.91 bits per heavy atom. The highest BCUT2D eigenvalue weighted by Gasteiger charge is 2.54. The van der Waals surface area contributed by atoms with Gasteiger partial charge in [0.1, 0.15) is 35.4 Å². The number of anilines is 1. The van der Waals surface area contributed by atoms with E-state index in [9.17, 15) is 24.3 Å². The van der Waals surface area contributed by atoms with E-state index in [1.165, 1.54) is 46.9 Å². The fraction of sp³-hybridized carbons (Fsp3) is 0.333. The number of amides is 3. The number of aromatic nitrogens is 3. The molecule has 2 aliphatic rings. The van der Waals surface area contributed by atoms with E-state index in [4.69, 9.17) is 4.84 Å². The van der Waals surface area contributed by atoms with Gasteiger partial charge < -0.3 is 20.6 Å². The molecule has 3 N–H and O–H groups in total. The van der Waals surface area contributed by atoms with Gasteiger partial charge in [0.15, 0.2) is 15.2 Å². The lowest BCUT2D eigenvalue weighted by Crippen LogP contribution is -2.71. The standard InChI is InChI=1S/C18H17N7O6S4/c1-7-9(22-17(35-7)19-5-26)10(24-31-2)13(27)21-11-14(28)25-12(16(29)30)8(3-32-15(11)25)4-33-18-23-20-6-34-18/h5-6,11,15H,3-4H2,1-2H3,(H,21,27)(H,29,30)(H,19,22,26)/t11?,15-/m0/s1. The lowest BCUT2D eigenvalue weighted by Gasteiger charge is -2.49. The summed E-state index contributed by atoms with van der Waals surface area (Å²) < 4.78 is 0.697. The molecule has 1 unspecified atom stereocenters. The lowest BCUT2D eigenvalue weighted by atomic mass is 10.0. The molecule has 0 aromatic carbocycles. The van der Waals surface area contributed by atoms with Gasteiger partial charge in [-0.25, -0.2) is 9.78 Å². The van der Waals surface area contributed by atoms with Gasteiger partial charge in [0.05, 0.1) is 0 Å². The molecule has 0 spiro atoms. The summed E-state index contributed by atoms with van der Waals surface area (Å²) in [7, 11) is 1.26. The average Bonchev–Trinajstić information content (AvgIpc) is 3.48. The fourth-order valence-electron chi connectivity index (χ4n) is 3.39. The number of fused-ring (bicyclic) bond motifs is 1. The van der Waals surface area contributed by atoms with Crippen molar-refractivity contribution in [1.82, 2.24) is 25.4 Å². The van der Waals surface area contributed by atoms with Crippen LogP contribution in [0.3, 0.4) is 0 Å². The zero-order chi connectivity index (χ0) is 25.1. The summed E-state index contributed by atoms with van der Waals surface area (Å²) in [5.41, 5.74) is 2.12. The van der Waals surface area contributed by atoms with Crippen molar-refractivity contribution < 1.29 is 29.1 Å². The van der Waals surface area contributed by atoms with Crippen LogP contribution in [0, 0.1) is 6.92 Å². The summed E-state index contributed by atoms with van der Waals surface area (Å²) in [5, 5.41) is 26.0. The molecule has 2 aromatic rings. The van der Waals surface area contributed by atoms with Crippen LogP contribution in [-0.2, 0) is 24.0 Å². The SMILES string of the molecule is CON=C(C(=O)NC1C(=O)N2C(C(=O)O)=C(CSc3nncs3)CS[C@@H]12)c1nc(NC=O)sc1C. The number of aryl methyl sites for hydroxylation is 1. The minimum atomic E-state index is -1.21. The maximum absolute atomic E-state index is 13.0. The number of aliphatic carboxylic acids is 1. The summed E-state index contributed by atoms with van der Waals surface area (Å²) >= 11 is 5.19. The fourth-order valence-corrected chi connectivity index (χ4v) is 7.14. The van der Waals surface area contributed by atoms with Gasteiger partial charge in [-0.05, 0) is 12.5 Å². The number of carbonyl (C=O) groups excluding carboxylic acids is 3. The van der Waals surface area contributed by atoms with Gasteiger partial charge in [0, 0.05) is 16.4 Å². The number of carboxylic acid groups (broad SMARTS) is 1. The van der Waals surface area contributed by atoms with E-state index in [2.05, 4.69) is 31.0 Å². The van der Waals surface area contributed by atoms with Crippen molar-refractivity contribution >= 4 is 81.2 Å². The molecule has 13 nitrogen and oxygen atoms in total. The number of carboxylic acids is 1. The molecule has 17 heteroatoms. The van der Waals surface area contributed by atoms with Gasteiger partial charge in [0.2, 0.25) is 6.41 Å². The van der Waals surface area contributed by atoms with E-state index in [-0.39, 0.29) is 22.2 Å². The van der Waals surface area contributed by atoms with Crippen LogP contribution in [0.1, 0.15) is 10.6 Å². The minimum Gasteiger partial charge on any atom is -0.477 e. The quantitative estimate of drug-likeness (QED) is 0.124. The monoisotopic (exact) mass is 555 g/mol. The van der Waals surface area contributed by atoms with Crippen molar-refractivity contribution in [2.75, 3.05) is 23.9 Å². The molecule has 184 valence electrons. The molecule has 3 amide bonds. The van der Waals surface area contributed by atoms with E-state index in [0.717, 1.165) is 11.3 Å². The maximum atomic E-state index is 13.0. The van der Waals surface area contributed by atoms with Crippen LogP contribution >= 0.6 is 46.2 Å². The van der Waals surface area contributed by atoms with Crippen molar-refractivity contribution in [1.29, 1.82) is 0 Å². The Labute approximate surface area is 214 Å². The Balaban J connectivity index is 1.50. The number of hydrogen-bond acceptors (Lipinski definition) is 13. The van der Waals surface area contributed by atoms with E-state index in [1.54, 1.807) is 12.4 Å². The summed E-state index contributed by atoms with van der Waals surface area (Å²) in [4.78, 5) is 59.5. The molecule has 4 heterocycles. The zero-order valence-corrected chi connectivity index (χ0v) is 21.3. The van der Waals surface area contributed by atoms with Crippen molar-refractivity contribution in [3.63, 3.8) is 0 Å². The number of nitrogens with zero attached hydrogens (tertiary/aromatic N) is 5. The number of thioether (sulfide) groups is 2. The normalized spacial score (nSPS) is 19.7. The van der Waals surface area contributed by atoms with Gasteiger partial charge in [-0.3, -0.25) is 19.3 Å². The molecule has 35 heavy (non-hydrogen) atoms. The topological polar surface area (TPSA) is 176 Å². The third-order valence-electron chi connectivity index (χ3n) is 4.85. The summed E-state index contributed by atoms with van der Waals surface area (Å²) in [6.45, 7) is 1.69. The highest BCUT2D eigenvalue weighted by atomic mass is 32.2. The summed E-state index contributed by atoms with van der Waals surface area (Å²) in [5.74, 6) is -1.74. The molecular formula is C18H17N7O6S4. The molecule has 2 aromatic heterocycles. The van der Waals surface area contributed by atoms with Crippen molar-refractivity contribution in [3.05, 3.63) is 27.4 Å². The first-order valence-corrected chi connectivity index (χ1v) is 13.5. The Morgan fingerprint density at radius 2 is 2.26 bits per heavy atom. The second kappa shape index (κ2) is 10.7. The molecule has 0 saturated carbocycles. The lowest BCUT2D eigenvalue weighted by molar-refractivity contribution is -0.150. The van der Waals surface area contributed by atoms with Crippen molar-refractivity contribution in [3.8, 4) is 0 Å². The Morgan fingerprint density at radius 1 is 1.46 bits per heavy atom. The number of rotatable bonds is 10. The van der Waals surface area contributed by atoms with Crippen molar-refractivity contribution in [2.45, 2.75) is 22.7 Å². The molecule has 4 rings (SSSR count). The number of β-lactam (4-membered cyclic amide) rings is 1. The molecule has 1 saturated heterocycles. The molecule has 0 bridgehead atoms. The second-order valence-electron chi connectivity index (χ2n) is 6.92. The van der Waals surface area contributed by atoms with Gasteiger partial charge in [-0.1, -0.05) is 28.3 Å². The minimum absolute atomic E-state index is 0.0769. The third kappa shape index (κ3) is 5.02.